The van der Waals surface area contributed by atoms with Crippen molar-refractivity contribution >= 4 is 11.9 Å². The van der Waals surface area contributed by atoms with Gasteiger partial charge in [-0.25, -0.2) is 13.6 Å². The largest absolute Gasteiger partial charge is 0.482 e. The summed E-state index contributed by atoms with van der Waals surface area (Å²) in [4.78, 5) is 22.7. The van der Waals surface area contributed by atoms with E-state index in [9.17, 15) is 18.4 Å². The normalized spacial score (nSPS) is 18.2. The fourth-order valence-electron chi connectivity index (χ4n) is 2.88. The number of ether oxygens (including phenoxy) is 1. The highest BCUT2D eigenvalue weighted by Gasteiger charge is 2.46. The van der Waals surface area contributed by atoms with Crippen LogP contribution in [0.4, 0.5) is 8.78 Å². The van der Waals surface area contributed by atoms with Gasteiger partial charge >= 0.3 is 5.97 Å². The maximum Gasteiger partial charge on any atom is 0.341 e. The summed E-state index contributed by atoms with van der Waals surface area (Å²) in [6.45, 7) is -0.236. The predicted octanol–water partition coefficient (Wildman–Crippen LogP) is 2.85. The van der Waals surface area contributed by atoms with E-state index >= 15 is 0 Å². The number of nitrogens with one attached hydrogen (secondary N) is 1. The lowest BCUT2D eigenvalue weighted by molar-refractivity contribution is -0.139. The summed E-state index contributed by atoms with van der Waals surface area (Å²) in [7, 11) is 0. The van der Waals surface area contributed by atoms with Crippen LogP contribution in [0.5, 0.6) is 5.75 Å². The van der Waals surface area contributed by atoms with Crippen LogP contribution in [0.2, 0.25) is 0 Å². The summed E-state index contributed by atoms with van der Waals surface area (Å²) in [6, 6.07) is 10.4. The summed E-state index contributed by atoms with van der Waals surface area (Å²) in [5, 5.41) is 11.3. The van der Waals surface area contributed by atoms with Crippen molar-refractivity contribution in [3.05, 3.63) is 65.2 Å². The predicted molar refractivity (Wildman–Crippen MR) is 88.6 cm³/mol. The van der Waals surface area contributed by atoms with Gasteiger partial charge in [-0.2, -0.15) is 0 Å². The quantitative estimate of drug-likeness (QED) is 0.795. The molecule has 0 spiro atoms. The molecule has 7 heteroatoms. The highest BCUT2D eigenvalue weighted by molar-refractivity contribution is 5.82. The van der Waals surface area contributed by atoms with Gasteiger partial charge < -0.3 is 15.2 Å². The molecule has 1 amide bonds. The molecule has 2 atom stereocenters. The second kappa shape index (κ2) is 7.51. The van der Waals surface area contributed by atoms with Gasteiger partial charge in [-0.3, -0.25) is 4.79 Å². The second-order valence-electron chi connectivity index (χ2n) is 6.13. The molecule has 136 valence electrons. The highest BCUT2D eigenvalue weighted by Crippen LogP contribution is 2.49. The van der Waals surface area contributed by atoms with Crippen LogP contribution in [0, 0.1) is 17.6 Å². The van der Waals surface area contributed by atoms with E-state index in [1.165, 1.54) is 18.2 Å². The molecular weight excluding hydrogens is 344 g/mol. The zero-order valence-corrected chi connectivity index (χ0v) is 13.7. The molecule has 1 fully saturated rings. The van der Waals surface area contributed by atoms with Crippen LogP contribution < -0.4 is 10.1 Å². The van der Waals surface area contributed by atoms with Crippen LogP contribution in [-0.4, -0.2) is 23.6 Å². The number of carboxylic acids is 1. The van der Waals surface area contributed by atoms with Crippen molar-refractivity contribution in [2.45, 2.75) is 18.9 Å². The zero-order chi connectivity index (χ0) is 18.7. The van der Waals surface area contributed by atoms with Crippen LogP contribution in [0.25, 0.3) is 0 Å². The molecule has 1 aliphatic rings. The fourth-order valence-corrected chi connectivity index (χ4v) is 2.88. The first-order valence-electron chi connectivity index (χ1n) is 8.11. The number of aliphatic carboxylic acids is 1. The topological polar surface area (TPSA) is 75.6 Å². The van der Waals surface area contributed by atoms with Crippen molar-refractivity contribution in [3.8, 4) is 5.75 Å². The molecule has 2 unspecified atom stereocenters. The third kappa shape index (κ3) is 4.17. The van der Waals surface area contributed by atoms with Gasteiger partial charge in [0.25, 0.3) is 0 Å². The molecule has 0 radical (unpaired) electrons. The van der Waals surface area contributed by atoms with Gasteiger partial charge in [-0.1, -0.05) is 18.2 Å². The monoisotopic (exact) mass is 361 g/mol. The fraction of sp³-hybridized carbons (Fsp3) is 0.263. The molecule has 3 rings (SSSR count). The van der Waals surface area contributed by atoms with E-state index in [-0.39, 0.29) is 18.0 Å². The number of hydrogen-bond donors (Lipinski definition) is 2. The molecule has 1 aliphatic carbocycles. The summed E-state index contributed by atoms with van der Waals surface area (Å²) in [6.07, 6.45) is 0.408. The van der Waals surface area contributed by atoms with Gasteiger partial charge in [0.1, 0.15) is 17.4 Å². The Kier molecular flexibility index (Phi) is 5.16. The Morgan fingerprint density at radius 3 is 2.54 bits per heavy atom. The van der Waals surface area contributed by atoms with Gasteiger partial charge in [0.05, 0.1) is 0 Å². The number of carbonyl (C=O) groups excluding carboxylic acids is 1. The molecule has 5 nitrogen and oxygen atoms in total. The highest BCUT2D eigenvalue weighted by atomic mass is 19.1. The van der Waals surface area contributed by atoms with E-state index < -0.39 is 36.0 Å². The third-order valence-electron chi connectivity index (χ3n) is 4.23. The van der Waals surface area contributed by atoms with Crippen LogP contribution in [0.1, 0.15) is 23.5 Å². The minimum atomic E-state index is -1.08. The number of halogens is 2. The van der Waals surface area contributed by atoms with Crippen LogP contribution in [0.15, 0.2) is 42.5 Å². The van der Waals surface area contributed by atoms with Crippen molar-refractivity contribution in [1.29, 1.82) is 0 Å². The van der Waals surface area contributed by atoms with Gasteiger partial charge in [-0.15, -0.1) is 0 Å². The van der Waals surface area contributed by atoms with Crippen molar-refractivity contribution in [1.82, 2.24) is 5.32 Å². The lowest BCUT2D eigenvalue weighted by Gasteiger charge is -2.08. The molecular formula is C19H17F2NO4. The molecule has 0 aliphatic heterocycles. The molecule has 0 bridgehead atoms. The molecule has 0 heterocycles. The van der Waals surface area contributed by atoms with Crippen molar-refractivity contribution in [2.75, 3.05) is 6.61 Å². The minimum absolute atomic E-state index is 0.0308. The number of carboxylic acid groups (broad SMARTS) is 1. The molecule has 2 N–H and O–H groups in total. The second-order valence-corrected chi connectivity index (χ2v) is 6.13. The van der Waals surface area contributed by atoms with E-state index in [0.717, 1.165) is 5.56 Å². The Bertz CT molecular complexity index is 820. The molecule has 0 saturated heterocycles. The smallest absolute Gasteiger partial charge is 0.341 e. The number of benzene rings is 2. The summed E-state index contributed by atoms with van der Waals surface area (Å²) < 4.78 is 32.6. The first-order chi connectivity index (χ1) is 12.5. The number of amides is 1. The van der Waals surface area contributed by atoms with Crippen molar-refractivity contribution in [3.63, 3.8) is 0 Å². The average Bonchev–Trinajstić information content (AvgIpc) is 3.38. The van der Waals surface area contributed by atoms with Gasteiger partial charge in [-0.05, 0) is 36.2 Å². The lowest BCUT2D eigenvalue weighted by Crippen LogP contribution is -2.25. The van der Waals surface area contributed by atoms with E-state index in [0.29, 0.717) is 12.2 Å². The molecule has 0 aromatic heterocycles. The van der Waals surface area contributed by atoms with Gasteiger partial charge in [0.2, 0.25) is 5.91 Å². The maximum atomic E-state index is 13.8. The van der Waals surface area contributed by atoms with Crippen molar-refractivity contribution in [2.24, 2.45) is 5.92 Å². The molecule has 2 aromatic rings. The van der Waals surface area contributed by atoms with Crippen LogP contribution in [-0.2, 0) is 16.1 Å². The maximum absolute atomic E-state index is 13.8. The van der Waals surface area contributed by atoms with Gasteiger partial charge in [0.15, 0.2) is 6.61 Å². The van der Waals surface area contributed by atoms with E-state index in [1.54, 1.807) is 24.3 Å². The Morgan fingerprint density at radius 2 is 1.85 bits per heavy atom. The van der Waals surface area contributed by atoms with Crippen LogP contribution >= 0.6 is 0 Å². The molecule has 2 aromatic carbocycles. The SMILES string of the molecule is O=C(O)COc1cccc(CNC(=O)C2CC2c2c(F)cccc2F)c1. The van der Waals surface area contributed by atoms with E-state index in [2.05, 4.69) is 5.32 Å². The standard InChI is InChI=1S/C19H17F2NO4/c20-15-5-2-6-16(21)18(15)13-8-14(13)19(25)22-9-11-3-1-4-12(7-11)26-10-17(23)24/h1-7,13-14H,8-10H2,(H,22,25)(H,23,24). The number of hydrogen-bond acceptors (Lipinski definition) is 3. The minimum Gasteiger partial charge on any atom is -0.482 e. The third-order valence-corrected chi connectivity index (χ3v) is 4.23. The lowest BCUT2D eigenvalue weighted by atomic mass is 10.1. The molecule has 26 heavy (non-hydrogen) atoms. The molecule has 1 saturated carbocycles. The summed E-state index contributed by atoms with van der Waals surface area (Å²) in [5.41, 5.74) is 0.701. The van der Waals surface area contributed by atoms with Gasteiger partial charge in [0, 0.05) is 23.9 Å². The summed E-state index contributed by atoms with van der Waals surface area (Å²) in [5.74, 6) is -3.12. The Hall–Kier alpha value is -2.96. The van der Waals surface area contributed by atoms with E-state index in [4.69, 9.17) is 9.84 Å². The van der Waals surface area contributed by atoms with E-state index in [1.807, 2.05) is 0 Å². The Labute approximate surface area is 148 Å². The van der Waals surface area contributed by atoms with Crippen molar-refractivity contribution < 1.29 is 28.2 Å². The number of carbonyl (C=O) groups is 2. The summed E-state index contributed by atoms with van der Waals surface area (Å²) >= 11 is 0. The zero-order valence-electron chi connectivity index (χ0n) is 13.7. The first-order valence-corrected chi connectivity index (χ1v) is 8.11. The Balaban J connectivity index is 1.55. The number of rotatable bonds is 7. The van der Waals surface area contributed by atoms with Crippen LogP contribution in [0.3, 0.4) is 0 Å². The first kappa shape index (κ1) is 17.8. The Morgan fingerprint density at radius 1 is 1.15 bits per heavy atom. The average molecular weight is 361 g/mol.